The molecule has 1 aliphatic heterocycles. The van der Waals surface area contributed by atoms with Crippen molar-refractivity contribution in [3.05, 3.63) is 63.3 Å². The zero-order chi connectivity index (χ0) is 18.1. The molecular weight excluding hydrogens is 328 g/mol. The Hall–Kier alpha value is -3.06. The number of hydrogen-bond acceptors (Lipinski definition) is 7. The van der Waals surface area contributed by atoms with Gasteiger partial charge in [0.05, 0.1) is 14.2 Å². The summed E-state index contributed by atoms with van der Waals surface area (Å²) in [5, 5.41) is 20.6. The number of methoxy groups -OCH3 is 2. The summed E-state index contributed by atoms with van der Waals surface area (Å²) in [6, 6.07) is 8.80. The molecule has 2 atom stereocenters. The van der Waals surface area contributed by atoms with Crippen molar-refractivity contribution in [2.75, 3.05) is 14.2 Å². The van der Waals surface area contributed by atoms with Gasteiger partial charge in [-0.1, -0.05) is 18.2 Å². The maximum atomic E-state index is 12.1. The molecule has 7 heteroatoms. The summed E-state index contributed by atoms with van der Waals surface area (Å²) in [6.45, 7) is 0. The minimum Gasteiger partial charge on any atom is -0.504 e. The Balaban J connectivity index is 2.06. The van der Waals surface area contributed by atoms with Gasteiger partial charge in [-0.3, -0.25) is 4.79 Å². The first-order valence-corrected chi connectivity index (χ1v) is 7.45. The van der Waals surface area contributed by atoms with Gasteiger partial charge in [0.15, 0.2) is 23.4 Å². The third kappa shape index (κ3) is 2.78. The number of hydrogen-bond donors (Lipinski definition) is 2. The van der Waals surface area contributed by atoms with Gasteiger partial charge in [-0.2, -0.15) is 0 Å². The molecule has 0 aromatic heterocycles. The minimum atomic E-state index is -1.22. The fraction of sp³-hybridized carbons (Fsp3) is 0.222. The van der Waals surface area contributed by atoms with E-state index < -0.39 is 29.4 Å². The van der Waals surface area contributed by atoms with Crippen molar-refractivity contribution in [1.29, 1.82) is 0 Å². The smallest absolute Gasteiger partial charge is 0.343 e. The molecule has 0 unspecified atom stereocenters. The molecule has 0 aliphatic carbocycles. The topological polar surface area (TPSA) is 102 Å². The number of cyclic esters (lactones) is 1. The van der Waals surface area contributed by atoms with Crippen LogP contribution >= 0.6 is 0 Å². The quantitative estimate of drug-likeness (QED) is 0.814. The van der Waals surface area contributed by atoms with Crippen molar-refractivity contribution in [2.45, 2.75) is 12.2 Å². The molecule has 1 heterocycles. The highest BCUT2D eigenvalue weighted by molar-refractivity contribution is 5.96. The second-order valence-electron chi connectivity index (χ2n) is 5.45. The van der Waals surface area contributed by atoms with Crippen LogP contribution in [0.1, 0.15) is 33.7 Å². The molecule has 0 saturated carbocycles. The lowest BCUT2D eigenvalue weighted by molar-refractivity contribution is -0.0104. The predicted octanol–water partition coefficient (Wildman–Crippen LogP) is 1.71. The van der Waals surface area contributed by atoms with Crippen molar-refractivity contribution in [2.24, 2.45) is 0 Å². The van der Waals surface area contributed by atoms with E-state index in [0.29, 0.717) is 17.1 Å². The van der Waals surface area contributed by atoms with Gasteiger partial charge in [0, 0.05) is 5.56 Å². The highest BCUT2D eigenvalue weighted by Gasteiger charge is 2.39. The standard InChI is InChI=1S/C18H16O7/c1-23-12-7-6-9(8-13(12)24-2)15(20)17-10-4-3-5-11(19)16(21)14(10)18(22)25-17/h3-8,15,17,20H,1-2H3,(H,19,21)/t15-,17-/m1/s1. The Labute approximate surface area is 143 Å². The first-order valence-electron chi connectivity index (χ1n) is 7.45. The number of rotatable bonds is 4. The summed E-state index contributed by atoms with van der Waals surface area (Å²) in [4.78, 5) is 23.7. The average molecular weight is 344 g/mol. The number of aliphatic hydroxyl groups is 1. The van der Waals surface area contributed by atoms with E-state index in [9.17, 15) is 19.8 Å². The normalized spacial score (nSPS) is 16.8. The Morgan fingerprint density at radius 2 is 1.80 bits per heavy atom. The maximum absolute atomic E-state index is 12.1. The lowest BCUT2D eigenvalue weighted by atomic mass is 9.97. The third-order valence-electron chi connectivity index (χ3n) is 4.06. The van der Waals surface area contributed by atoms with Crippen LogP contribution in [0.25, 0.3) is 0 Å². The summed E-state index contributed by atoms with van der Waals surface area (Å²) >= 11 is 0. The number of aliphatic hydroxyl groups excluding tert-OH is 1. The summed E-state index contributed by atoms with van der Waals surface area (Å²) in [5.41, 5.74) is -0.248. The summed E-state index contributed by atoms with van der Waals surface area (Å²) in [6.07, 6.45) is -2.28. The van der Waals surface area contributed by atoms with Gasteiger partial charge in [0.1, 0.15) is 11.7 Å². The number of aromatic hydroxyl groups is 1. The van der Waals surface area contributed by atoms with Crippen LogP contribution in [0.4, 0.5) is 0 Å². The predicted molar refractivity (Wildman–Crippen MR) is 87.0 cm³/mol. The van der Waals surface area contributed by atoms with Crippen LogP contribution in [0.3, 0.4) is 0 Å². The summed E-state index contributed by atoms with van der Waals surface area (Å²) in [5.74, 6) is -0.647. The monoisotopic (exact) mass is 344 g/mol. The highest BCUT2D eigenvalue weighted by atomic mass is 16.6. The van der Waals surface area contributed by atoms with E-state index in [1.165, 1.54) is 26.4 Å². The molecule has 2 aromatic carbocycles. The molecule has 0 spiro atoms. The maximum Gasteiger partial charge on any atom is 0.343 e. The van der Waals surface area contributed by atoms with Gasteiger partial charge in [-0.05, 0) is 23.8 Å². The van der Waals surface area contributed by atoms with Crippen molar-refractivity contribution in [3.63, 3.8) is 0 Å². The fourth-order valence-corrected chi connectivity index (χ4v) is 2.80. The average Bonchev–Trinajstić information content (AvgIpc) is 2.87. The van der Waals surface area contributed by atoms with Crippen LogP contribution in [0.15, 0.2) is 41.2 Å². The van der Waals surface area contributed by atoms with Crippen LogP contribution in [0.5, 0.6) is 17.2 Å². The van der Waals surface area contributed by atoms with E-state index in [1.54, 1.807) is 18.2 Å². The molecule has 1 aliphatic rings. The van der Waals surface area contributed by atoms with E-state index in [2.05, 4.69) is 0 Å². The molecule has 2 N–H and O–H groups in total. The molecular formula is C18H16O7. The van der Waals surface area contributed by atoms with Gasteiger partial charge < -0.3 is 24.4 Å². The van der Waals surface area contributed by atoms with Crippen LogP contribution in [-0.2, 0) is 4.74 Å². The molecule has 0 radical (unpaired) electrons. The number of benzene rings is 1. The summed E-state index contributed by atoms with van der Waals surface area (Å²) in [7, 11) is 2.96. The van der Waals surface area contributed by atoms with Gasteiger partial charge in [0.25, 0.3) is 0 Å². The summed E-state index contributed by atoms with van der Waals surface area (Å²) < 4.78 is 15.6. The van der Waals surface area contributed by atoms with Crippen LogP contribution < -0.4 is 14.9 Å². The Bertz CT molecular complexity index is 891. The Kier molecular flexibility index (Phi) is 4.33. The largest absolute Gasteiger partial charge is 0.504 e. The van der Waals surface area contributed by atoms with Crippen molar-refractivity contribution in [1.82, 2.24) is 0 Å². The number of esters is 1. The van der Waals surface area contributed by atoms with Gasteiger partial charge in [0.2, 0.25) is 5.43 Å². The molecule has 2 aromatic rings. The fourth-order valence-electron chi connectivity index (χ4n) is 2.80. The zero-order valence-electron chi connectivity index (χ0n) is 13.6. The number of carbonyl (C=O) groups is 1. The Morgan fingerprint density at radius 1 is 1.08 bits per heavy atom. The lowest BCUT2D eigenvalue weighted by Crippen LogP contribution is -2.11. The molecule has 0 fully saturated rings. The van der Waals surface area contributed by atoms with E-state index in [4.69, 9.17) is 14.2 Å². The van der Waals surface area contributed by atoms with Gasteiger partial charge in [-0.15, -0.1) is 0 Å². The number of carbonyl (C=O) groups excluding carboxylic acids is 1. The Morgan fingerprint density at radius 3 is 2.48 bits per heavy atom. The number of fused-ring (bicyclic) bond motifs is 1. The number of ether oxygens (including phenoxy) is 3. The molecule has 7 nitrogen and oxygen atoms in total. The zero-order valence-corrected chi connectivity index (χ0v) is 13.6. The second-order valence-corrected chi connectivity index (χ2v) is 5.45. The van der Waals surface area contributed by atoms with Crippen molar-refractivity contribution in [3.8, 4) is 17.2 Å². The molecule has 3 rings (SSSR count). The molecule has 0 bridgehead atoms. The van der Waals surface area contributed by atoms with Crippen LogP contribution in [-0.4, -0.2) is 30.4 Å². The van der Waals surface area contributed by atoms with E-state index >= 15 is 0 Å². The van der Waals surface area contributed by atoms with Crippen LogP contribution in [0.2, 0.25) is 0 Å². The molecule has 0 amide bonds. The van der Waals surface area contributed by atoms with Gasteiger partial charge >= 0.3 is 5.97 Å². The first kappa shape index (κ1) is 16.8. The SMILES string of the molecule is COc1ccc([C@@H](O)[C@@H]2OC(=O)c3c2cccc(=O)c3O)cc1OC. The minimum absolute atomic E-state index is 0.223. The third-order valence-corrected chi connectivity index (χ3v) is 4.06. The van der Waals surface area contributed by atoms with Crippen molar-refractivity contribution >= 4 is 5.97 Å². The van der Waals surface area contributed by atoms with E-state index in [1.807, 2.05) is 0 Å². The molecule has 130 valence electrons. The van der Waals surface area contributed by atoms with E-state index in [-0.39, 0.29) is 11.1 Å². The lowest BCUT2D eigenvalue weighted by Gasteiger charge is -2.19. The highest BCUT2D eigenvalue weighted by Crippen LogP contribution is 2.42. The van der Waals surface area contributed by atoms with E-state index in [0.717, 1.165) is 6.07 Å². The molecule has 0 saturated heterocycles. The molecule has 25 heavy (non-hydrogen) atoms. The second kappa shape index (κ2) is 6.45. The van der Waals surface area contributed by atoms with Crippen LogP contribution in [0, 0.1) is 0 Å². The first-order chi connectivity index (χ1) is 12.0. The van der Waals surface area contributed by atoms with Crippen molar-refractivity contribution < 1.29 is 29.2 Å². The van der Waals surface area contributed by atoms with Gasteiger partial charge in [-0.25, -0.2) is 4.79 Å².